The highest BCUT2D eigenvalue weighted by molar-refractivity contribution is 7.89. The number of nitrogens with one attached hydrogen (secondary N) is 1. The van der Waals surface area contributed by atoms with E-state index >= 15 is 0 Å². The van der Waals surface area contributed by atoms with E-state index in [9.17, 15) is 13.2 Å². The summed E-state index contributed by atoms with van der Waals surface area (Å²) in [6, 6.07) is 11.1. The summed E-state index contributed by atoms with van der Waals surface area (Å²) in [5.41, 5.74) is 2.10. The Labute approximate surface area is 186 Å². The molecule has 0 unspecified atom stereocenters. The molecule has 0 saturated carbocycles. The minimum atomic E-state index is -3.82. The summed E-state index contributed by atoms with van der Waals surface area (Å²) in [5.74, 6) is 0.390. The normalized spacial score (nSPS) is 15.9. The molecule has 0 bridgehead atoms. The fourth-order valence-corrected chi connectivity index (χ4v) is 5.52. The maximum Gasteiger partial charge on any atom is 0.248 e. The Morgan fingerprint density at radius 1 is 1.16 bits per heavy atom. The number of aromatic nitrogens is 1. The number of anilines is 1. The zero-order chi connectivity index (χ0) is 22.7. The predicted molar refractivity (Wildman–Crippen MR) is 120 cm³/mol. The van der Waals surface area contributed by atoms with Gasteiger partial charge in [-0.05, 0) is 68.7 Å². The number of rotatable bonds is 6. The van der Waals surface area contributed by atoms with Crippen molar-refractivity contribution in [3.05, 3.63) is 65.4 Å². The average molecular weight is 456 g/mol. The molecular weight excluding hydrogens is 430 g/mol. The lowest BCUT2D eigenvalue weighted by molar-refractivity contribution is -0.120. The number of amides is 1. The number of furan rings is 1. The maximum absolute atomic E-state index is 13.3. The van der Waals surface area contributed by atoms with Gasteiger partial charge in [-0.15, -0.1) is 0 Å². The first kappa shape index (κ1) is 22.0. The van der Waals surface area contributed by atoms with Gasteiger partial charge < -0.3 is 14.3 Å². The zero-order valence-corrected chi connectivity index (χ0v) is 18.8. The maximum atomic E-state index is 13.3. The zero-order valence-electron chi connectivity index (χ0n) is 17.9. The fourth-order valence-electron chi connectivity index (χ4n) is 3.80. The van der Waals surface area contributed by atoms with Crippen LogP contribution >= 0.6 is 0 Å². The lowest BCUT2D eigenvalue weighted by Gasteiger charge is -2.30. The van der Waals surface area contributed by atoms with Crippen molar-refractivity contribution in [2.75, 3.05) is 18.4 Å². The van der Waals surface area contributed by atoms with Crippen molar-refractivity contribution in [1.82, 2.24) is 9.46 Å². The lowest BCUT2D eigenvalue weighted by Crippen LogP contribution is -2.41. The number of carbonyl (C=O) groups is 1. The molecule has 1 N–H and O–H groups in total. The fraction of sp³-hybridized carbons (Fsp3) is 0.304. The van der Waals surface area contributed by atoms with Crippen molar-refractivity contribution in [3.8, 4) is 0 Å². The molecule has 1 saturated heterocycles. The second-order valence-electron chi connectivity index (χ2n) is 7.85. The van der Waals surface area contributed by atoms with Crippen molar-refractivity contribution < 1.29 is 22.2 Å². The molecule has 0 radical (unpaired) electrons. The van der Waals surface area contributed by atoms with E-state index in [0.717, 1.165) is 11.3 Å². The lowest BCUT2D eigenvalue weighted by atomic mass is 9.97. The van der Waals surface area contributed by atoms with E-state index in [1.165, 1.54) is 16.6 Å². The highest BCUT2D eigenvalue weighted by atomic mass is 32.2. The number of nitrogens with zero attached hydrogens (tertiary/aromatic N) is 2. The topological polar surface area (TPSA) is 106 Å². The van der Waals surface area contributed by atoms with Crippen molar-refractivity contribution >= 4 is 33.8 Å². The molecule has 0 atom stereocenters. The number of hydrogen-bond donors (Lipinski definition) is 1. The van der Waals surface area contributed by atoms with E-state index in [2.05, 4.69) is 10.5 Å². The summed E-state index contributed by atoms with van der Waals surface area (Å²) in [5, 5.41) is 6.78. The van der Waals surface area contributed by atoms with Gasteiger partial charge in [0.1, 0.15) is 11.5 Å². The first-order chi connectivity index (χ1) is 15.3. The van der Waals surface area contributed by atoms with Crippen LogP contribution in [0.5, 0.6) is 0 Å². The molecule has 8 nitrogen and oxygen atoms in total. The van der Waals surface area contributed by atoms with Crippen LogP contribution in [0.1, 0.15) is 35.6 Å². The van der Waals surface area contributed by atoms with Crippen LogP contribution in [0.3, 0.4) is 0 Å². The van der Waals surface area contributed by atoms with Gasteiger partial charge in [-0.3, -0.25) is 4.79 Å². The molecule has 1 aromatic carbocycles. The standard InChI is InChI=1S/C23H25N3O5S/c1-16-5-3-6-19(15-16)24-23(27)18-10-12-26(13-11-18)32(28,29)22-17(2)25-31-21(22)9-8-20-7-4-14-30-20/h3-9,14-15,18H,10-13H2,1-2H3,(H,24,27)/b9-8+. The number of benzene rings is 1. The van der Waals surface area contributed by atoms with Crippen LogP contribution in [0.4, 0.5) is 5.69 Å². The molecule has 1 fully saturated rings. The minimum absolute atomic E-state index is 0.0444. The molecule has 9 heteroatoms. The summed E-state index contributed by atoms with van der Waals surface area (Å²) < 4.78 is 38.5. The van der Waals surface area contributed by atoms with E-state index in [1.807, 2.05) is 31.2 Å². The van der Waals surface area contributed by atoms with E-state index in [1.54, 1.807) is 25.1 Å². The van der Waals surface area contributed by atoms with Crippen molar-refractivity contribution in [3.63, 3.8) is 0 Å². The van der Waals surface area contributed by atoms with Crippen molar-refractivity contribution in [1.29, 1.82) is 0 Å². The summed E-state index contributed by atoms with van der Waals surface area (Å²) in [6.07, 6.45) is 5.58. The van der Waals surface area contributed by atoms with Crippen LogP contribution in [0.15, 0.2) is 56.5 Å². The summed E-state index contributed by atoms with van der Waals surface area (Å²) in [6.45, 7) is 4.06. The molecule has 168 valence electrons. The third-order valence-electron chi connectivity index (χ3n) is 5.48. The number of aryl methyl sites for hydroxylation is 2. The van der Waals surface area contributed by atoms with Crippen molar-refractivity contribution in [2.45, 2.75) is 31.6 Å². The molecule has 3 heterocycles. The van der Waals surface area contributed by atoms with Gasteiger partial charge in [0.2, 0.25) is 15.9 Å². The molecule has 32 heavy (non-hydrogen) atoms. The second-order valence-corrected chi connectivity index (χ2v) is 9.72. The van der Waals surface area contributed by atoms with Crippen LogP contribution in [-0.4, -0.2) is 36.9 Å². The molecule has 0 spiro atoms. The third kappa shape index (κ3) is 4.68. The SMILES string of the molecule is Cc1cccc(NC(=O)C2CCN(S(=O)(=O)c3c(C)noc3/C=C/c3ccco3)CC2)c1. The Morgan fingerprint density at radius 2 is 1.94 bits per heavy atom. The first-order valence-electron chi connectivity index (χ1n) is 10.4. The van der Waals surface area contributed by atoms with E-state index in [-0.39, 0.29) is 35.6 Å². The Hall–Kier alpha value is -3.17. The van der Waals surface area contributed by atoms with Gasteiger partial charge in [0.05, 0.1) is 6.26 Å². The number of hydrogen-bond acceptors (Lipinski definition) is 6. The molecular formula is C23H25N3O5S. The quantitative estimate of drug-likeness (QED) is 0.600. The van der Waals surface area contributed by atoms with Gasteiger partial charge in [-0.2, -0.15) is 4.31 Å². The Balaban J connectivity index is 1.44. The van der Waals surface area contributed by atoms with E-state index < -0.39 is 10.0 Å². The number of carbonyl (C=O) groups excluding carboxylic acids is 1. The van der Waals surface area contributed by atoms with Crippen molar-refractivity contribution in [2.24, 2.45) is 5.92 Å². The average Bonchev–Trinajstić information content (AvgIpc) is 3.42. The highest BCUT2D eigenvalue weighted by Gasteiger charge is 2.35. The van der Waals surface area contributed by atoms with Crippen LogP contribution < -0.4 is 5.32 Å². The Morgan fingerprint density at radius 3 is 2.62 bits per heavy atom. The molecule has 1 amide bonds. The Bertz CT molecular complexity index is 1220. The molecule has 0 aliphatic carbocycles. The van der Waals surface area contributed by atoms with Crippen LogP contribution in [0.25, 0.3) is 12.2 Å². The molecule has 4 rings (SSSR count). The minimum Gasteiger partial charge on any atom is -0.465 e. The summed E-state index contributed by atoms with van der Waals surface area (Å²) >= 11 is 0. The summed E-state index contributed by atoms with van der Waals surface area (Å²) in [4.78, 5) is 12.7. The van der Waals surface area contributed by atoms with Gasteiger partial charge in [-0.25, -0.2) is 8.42 Å². The van der Waals surface area contributed by atoms with Gasteiger partial charge >= 0.3 is 0 Å². The molecule has 1 aliphatic rings. The van der Waals surface area contributed by atoms with Gasteiger partial charge in [0.25, 0.3) is 0 Å². The Kier molecular flexibility index (Phi) is 6.29. The second kappa shape index (κ2) is 9.13. The van der Waals surface area contributed by atoms with E-state index in [0.29, 0.717) is 24.3 Å². The largest absolute Gasteiger partial charge is 0.465 e. The number of sulfonamides is 1. The first-order valence-corrected chi connectivity index (χ1v) is 11.8. The summed E-state index contributed by atoms with van der Waals surface area (Å²) in [7, 11) is -3.82. The molecule has 2 aromatic heterocycles. The van der Waals surface area contributed by atoms with Crippen LogP contribution in [-0.2, 0) is 14.8 Å². The van der Waals surface area contributed by atoms with Crippen LogP contribution in [0.2, 0.25) is 0 Å². The van der Waals surface area contributed by atoms with Crippen LogP contribution in [0, 0.1) is 19.8 Å². The van der Waals surface area contributed by atoms with Gasteiger partial charge in [0, 0.05) is 24.7 Å². The van der Waals surface area contributed by atoms with E-state index in [4.69, 9.17) is 8.94 Å². The smallest absolute Gasteiger partial charge is 0.248 e. The van der Waals surface area contributed by atoms with Gasteiger partial charge in [-0.1, -0.05) is 17.3 Å². The predicted octanol–water partition coefficient (Wildman–Crippen LogP) is 4.09. The number of piperidine rings is 1. The third-order valence-corrected chi connectivity index (χ3v) is 7.54. The van der Waals surface area contributed by atoms with Gasteiger partial charge in [0.15, 0.2) is 10.7 Å². The molecule has 1 aliphatic heterocycles. The molecule has 3 aromatic rings. The highest BCUT2D eigenvalue weighted by Crippen LogP contribution is 2.29. The monoisotopic (exact) mass is 455 g/mol.